The molecule has 0 fully saturated rings. The average molecular weight is 251 g/mol. The van der Waals surface area contributed by atoms with Gasteiger partial charge in [-0.05, 0) is 36.6 Å². The second-order valence-electron chi connectivity index (χ2n) is 4.50. The maximum atomic E-state index is 9.22. The highest BCUT2D eigenvalue weighted by atomic mass is 15.0. The maximum absolute atomic E-state index is 9.22. The zero-order chi connectivity index (χ0) is 13.7. The monoisotopic (exact) mass is 251 g/mol. The van der Waals surface area contributed by atoms with Crippen LogP contribution in [0.15, 0.2) is 36.5 Å². The summed E-state index contributed by atoms with van der Waals surface area (Å²) in [4.78, 5) is 4.27. The van der Waals surface area contributed by atoms with Crippen LogP contribution in [0.1, 0.15) is 30.0 Å². The molecule has 1 aromatic heterocycles. The van der Waals surface area contributed by atoms with Crippen LogP contribution in [0, 0.1) is 18.3 Å². The third-order valence-electron chi connectivity index (χ3n) is 3.06. The predicted octanol–water partition coefficient (Wildman–Crippen LogP) is 3.96. The van der Waals surface area contributed by atoms with E-state index in [1.54, 1.807) is 6.20 Å². The number of aromatic nitrogens is 1. The van der Waals surface area contributed by atoms with Gasteiger partial charge in [0.1, 0.15) is 11.9 Å². The molecule has 2 aromatic rings. The van der Waals surface area contributed by atoms with Gasteiger partial charge in [0.2, 0.25) is 0 Å². The van der Waals surface area contributed by atoms with Crippen LogP contribution in [0.3, 0.4) is 0 Å². The topological polar surface area (TPSA) is 48.7 Å². The average Bonchev–Trinajstić information content (AvgIpc) is 2.41. The highest BCUT2D eigenvalue weighted by Gasteiger charge is 2.08. The molecule has 96 valence electrons. The number of nitrogens with one attached hydrogen (secondary N) is 1. The smallest absolute Gasteiger partial charge is 0.148 e. The van der Waals surface area contributed by atoms with Gasteiger partial charge in [0.25, 0.3) is 0 Å². The molecule has 1 N–H and O–H groups in total. The molecule has 0 amide bonds. The van der Waals surface area contributed by atoms with E-state index >= 15 is 0 Å². The Bertz CT molecular complexity index is 612. The summed E-state index contributed by atoms with van der Waals surface area (Å²) in [6, 6.07) is 12.2. The maximum Gasteiger partial charge on any atom is 0.148 e. The summed E-state index contributed by atoms with van der Waals surface area (Å²) >= 11 is 0. The van der Waals surface area contributed by atoms with E-state index in [0.717, 1.165) is 24.1 Å². The van der Waals surface area contributed by atoms with Crippen LogP contribution >= 0.6 is 0 Å². The van der Waals surface area contributed by atoms with Crippen LogP contribution in [-0.2, 0) is 6.42 Å². The van der Waals surface area contributed by atoms with Gasteiger partial charge in [-0.15, -0.1) is 0 Å². The molecule has 0 unspecified atom stereocenters. The fraction of sp³-hybridized carbons (Fsp3) is 0.250. The van der Waals surface area contributed by atoms with E-state index in [9.17, 15) is 5.26 Å². The number of nitriles is 1. The van der Waals surface area contributed by atoms with Gasteiger partial charge in [-0.25, -0.2) is 4.98 Å². The summed E-state index contributed by atoms with van der Waals surface area (Å²) in [6.45, 7) is 4.08. The zero-order valence-electron chi connectivity index (χ0n) is 11.3. The molecule has 0 saturated carbocycles. The summed E-state index contributed by atoms with van der Waals surface area (Å²) in [5, 5.41) is 12.5. The number of rotatable bonds is 4. The van der Waals surface area contributed by atoms with Crippen LogP contribution in [0.5, 0.6) is 0 Å². The number of hydrogen-bond acceptors (Lipinski definition) is 3. The minimum Gasteiger partial charge on any atom is -0.339 e. The molecule has 2 rings (SSSR count). The van der Waals surface area contributed by atoms with Crippen molar-refractivity contribution in [3.05, 3.63) is 53.2 Å². The Hall–Kier alpha value is -2.34. The Morgan fingerprint density at radius 1 is 1.26 bits per heavy atom. The molecular formula is C16H17N3. The van der Waals surface area contributed by atoms with Gasteiger partial charge in [-0.1, -0.05) is 31.5 Å². The van der Waals surface area contributed by atoms with Crippen LogP contribution in [0.25, 0.3) is 0 Å². The molecule has 1 aromatic carbocycles. The number of para-hydroxylation sites is 1. The largest absolute Gasteiger partial charge is 0.339 e. The number of pyridine rings is 1. The first-order chi connectivity index (χ1) is 9.26. The standard InChI is InChI=1S/C16H17N3/c1-3-6-13-7-4-5-8-15(13)19-16-14(11-17)12(2)9-10-18-16/h4-5,7-10H,3,6H2,1-2H3,(H,18,19). The number of nitrogens with zero attached hydrogens (tertiary/aromatic N) is 2. The van der Waals surface area contributed by atoms with Crippen molar-refractivity contribution in [1.29, 1.82) is 5.26 Å². The zero-order valence-corrected chi connectivity index (χ0v) is 11.3. The van der Waals surface area contributed by atoms with Crippen molar-refractivity contribution in [1.82, 2.24) is 4.98 Å². The van der Waals surface area contributed by atoms with Crippen molar-refractivity contribution in [3.63, 3.8) is 0 Å². The normalized spacial score (nSPS) is 9.95. The molecule has 0 spiro atoms. The van der Waals surface area contributed by atoms with Crippen molar-refractivity contribution in [2.24, 2.45) is 0 Å². The lowest BCUT2D eigenvalue weighted by Gasteiger charge is -2.12. The number of benzene rings is 1. The quantitative estimate of drug-likeness (QED) is 0.894. The number of anilines is 2. The highest BCUT2D eigenvalue weighted by Crippen LogP contribution is 2.24. The van der Waals surface area contributed by atoms with Gasteiger partial charge in [0.15, 0.2) is 0 Å². The lowest BCUT2D eigenvalue weighted by atomic mass is 10.1. The Labute approximate surface area is 113 Å². The first-order valence-corrected chi connectivity index (χ1v) is 6.47. The minimum atomic E-state index is 0.605. The summed E-state index contributed by atoms with van der Waals surface area (Å²) in [5.74, 6) is 0.631. The molecule has 19 heavy (non-hydrogen) atoms. The molecule has 0 atom stereocenters. The first-order valence-electron chi connectivity index (χ1n) is 6.47. The number of aryl methyl sites for hydroxylation is 2. The van der Waals surface area contributed by atoms with Gasteiger partial charge in [0, 0.05) is 11.9 Å². The molecule has 3 nitrogen and oxygen atoms in total. The van der Waals surface area contributed by atoms with Crippen molar-refractivity contribution in [2.45, 2.75) is 26.7 Å². The fourth-order valence-electron chi connectivity index (χ4n) is 2.05. The molecule has 0 aliphatic carbocycles. The molecule has 0 radical (unpaired) electrons. The van der Waals surface area contributed by atoms with E-state index in [1.807, 2.05) is 31.2 Å². The molecular weight excluding hydrogens is 234 g/mol. The van der Waals surface area contributed by atoms with Gasteiger partial charge in [-0.2, -0.15) is 5.26 Å². The van der Waals surface area contributed by atoms with Gasteiger partial charge < -0.3 is 5.32 Å². The van der Waals surface area contributed by atoms with Crippen molar-refractivity contribution < 1.29 is 0 Å². The van der Waals surface area contributed by atoms with E-state index < -0.39 is 0 Å². The molecule has 0 saturated heterocycles. The third-order valence-corrected chi connectivity index (χ3v) is 3.06. The van der Waals surface area contributed by atoms with Crippen molar-refractivity contribution >= 4 is 11.5 Å². The van der Waals surface area contributed by atoms with Crippen LogP contribution in [-0.4, -0.2) is 4.98 Å². The summed E-state index contributed by atoms with van der Waals surface area (Å²) in [5.41, 5.74) is 3.82. The van der Waals surface area contributed by atoms with Crippen molar-refractivity contribution in [3.8, 4) is 6.07 Å². The highest BCUT2D eigenvalue weighted by molar-refractivity contribution is 5.66. The van der Waals surface area contributed by atoms with Crippen LogP contribution in [0.4, 0.5) is 11.5 Å². The predicted molar refractivity (Wildman–Crippen MR) is 77.4 cm³/mol. The minimum absolute atomic E-state index is 0.605. The second kappa shape index (κ2) is 6.01. The lowest BCUT2D eigenvalue weighted by molar-refractivity contribution is 0.923. The Morgan fingerprint density at radius 3 is 2.79 bits per heavy atom. The first kappa shape index (κ1) is 13.1. The molecule has 1 heterocycles. The van der Waals surface area contributed by atoms with Crippen LogP contribution in [0.2, 0.25) is 0 Å². The van der Waals surface area contributed by atoms with E-state index in [1.165, 1.54) is 5.56 Å². The molecule has 0 aliphatic rings. The van der Waals surface area contributed by atoms with Gasteiger partial charge >= 0.3 is 0 Å². The van der Waals surface area contributed by atoms with E-state index in [2.05, 4.69) is 29.4 Å². The Morgan fingerprint density at radius 2 is 2.05 bits per heavy atom. The molecule has 3 heteroatoms. The summed E-state index contributed by atoms with van der Waals surface area (Å²) in [6.07, 6.45) is 3.82. The van der Waals surface area contributed by atoms with Gasteiger partial charge in [-0.3, -0.25) is 0 Å². The summed E-state index contributed by atoms with van der Waals surface area (Å²) in [7, 11) is 0. The molecule has 0 aliphatic heterocycles. The fourth-order valence-corrected chi connectivity index (χ4v) is 2.05. The van der Waals surface area contributed by atoms with Gasteiger partial charge in [0.05, 0.1) is 5.56 Å². The van der Waals surface area contributed by atoms with Crippen molar-refractivity contribution in [2.75, 3.05) is 5.32 Å². The Kier molecular flexibility index (Phi) is 4.15. The van der Waals surface area contributed by atoms with Crippen LogP contribution < -0.4 is 5.32 Å². The Balaban J connectivity index is 2.37. The number of hydrogen-bond donors (Lipinski definition) is 1. The second-order valence-corrected chi connectivity index (χ2v) is 4.50. The SMILES string of the molecule is CCCc1ccccc1Nc1nccc(C)c1C#N. The van der Waals surface area contributed by atoms with E-state index in [-0.39, 0.29) is 0 Å². The third kappa shape index (κ3) is 2.92. The summed E-state index contributed by atoms with van der Waals surface area (Å²) < 4.78 is 0. The van der Waals surface area contributed by atoms with E-state index in [4.69, 9.17) is 0 Å². The van der Waals surface area contributed by atoms with E-state index in [0.29, 0.717) is 11.4 Å². The lowest BCUT2D eigenvalue weighted by Crippen LogP contribution is -2.01. The molecule has 0 bridgehead atoms.